The summed E-state index contributed by atoms with van der Waals surface area (Å²) in [6, 6.07) is 7.35. The zero-order valence-corrected chi connectivity index (χ0v) is 21.2. The maximum absolute atomic E-state index is 13.3. The molecule has 3 rings (SSSR count). The summed E-state index contributed by atoms with van der Waals surface area (Å²) < 4.78 is 16.1. The Morgan fingerprint density at radius 1 is 1.17 bits per heavy atom. The average molecular weight is 515 g/mol. The zero-order valence-electron chi connectivity index (χ0n) is 20.5. The quantitative estimate of drug-likeness (QED) is 0.302. The van der Waals surface area contributed by atoms with E-state index in [1.807, 2.05) is 18.0 Å². The van der Waals surface area contributed by atoms with Crippen molar-refractivity contribution in [1.82, 2.24) is 4.90 Å². The highest BCUT2D eigenvalue weighted by atomic mass is 35.5. The number of esters is 1. The number of carbonyl (C=O) groups excluding carboxylic acids is 3. The maximum Gasteiger partial charge on any atom is 0.302 e. The molecule has 0 aliphatic carbocycles. The number of carbonyl (C=O) groups is 3. The molecule has 1 heterocycles. The number of phenols is 1. The fourth-order valence-electron chi connectivity index (χ4n) is 4.53. The normalized spacial score (nSPS) is 17.3. The van der Waals surface area contributed by atoms with Crippen LogP contribution in [-0.4, -0.2) is 68.0 Å². The van der Waals surface area contributed by atoms with E-state index in [2.05, 4.69) is 0 Å². The molecule has 1 saturated heterocycles. The molecule has 1 N–H and O–H groups in total. The molecule has 0 spiro atoms. The van der Waals surface area contributed by atoms with E-state index < -0.39 is 24.0 Å². The lowest BCUT2D eigenvalue weighted by Crippen LogP contribution is -2.34. The highest BCUT2D eigenvalue weighted by Crippen LogP contribution is 2.47. The van der Waals surface area contributed by atoms with E-state index in [9.17, 15) is 19.5 Å². The van der Waals surface area contributed by atoms with Crippen molar-refractivity contribution in [2.24, 2.45) is 0 Å². The van der Waals surface area contributed by atoms with Crippen LogP contribution in [-0.2, 0) is 9.53 Å². The Hall–Kier alpha value is -3.61. The van der Waals surface area contributed by atoms with Gasteiger partial charge in [0.25, 0.3) is 0 Å². The Bertz CT molecular complexity index is 1240. The maximum atomic E-state index is 13.3. The van der Waals surface area contributed by atoms with Gasteiger partial charge in [0.15, 0.2) is 11.6 Å². The van der Waals surface area contributed by atoms with Gasteiger partial charge in [0.05, 0.1) is 43.3 Å². The molecule has 2 unspecified atom stereocenters. The number of likely N-dealkylation sites (N-methyl/N-ethyl adjacent to an activating group) is 1. The number of likely N-dealkylation sites (tertiary alicyclic amines) is 1. The molecule has 0 aromatic heterocycles. The van der Waals surface area contributed by atoms with Crippen molar-refractivity contribution in [1.29, 1.82) is 5.26 Å². The molecule has 2 aromatic rings. The van der Waals surface area contributed by atoms with Crippen molar-refractivity contribution in [2.45, 2.75) is 31.7 Å². The van der Waals surface area contributed by atoms with E-state index in [1.54, 1.807) is 0 Å². The highest BCUT2D eigenvalue weighted by Gasteiger charge is 2.39. The topological polar surface area (TPSA) is 126 Å². The van der Waals surface area contributed by atoms with E-state index in [0.717, 1.165) is 0 Å². The van der Waals surface area contributed by atoms with Gasteiger partial charge in [-0.05, 0) is 38.2 Å². The Morgan fingerprint density at radius 3 is 2.44 bits per heavy atom. The number of rotatable bonds is 9. The molecule has 1 aliphatic heterocycles. The SMILES string of the molecule is COc1cc(OC)c(C2CCN(C)C2COC(C)=O)c(O)c1C(=O)CC(=O)c1ccc(C#N)cc1Cl. The third-order valence-corrected chi connectivity index (χ3v) is 6.67. The molecule has 0 saturated carbocycles. The molecular formula is C26H27ClN2O7. The Labute approximate surface area is 214 Å². The number of hydrogen-bond acceptors (Lipinski definition) is 9. The second-order valence-electron chi connectivity index (χ2n) is 8.49. The molecule has 9 nitrogen and oxygen atoms in total. The Morgan fingerprint density at radius 2 is 1.86 bits per heavy atom. The molecule has 0 bridgehead atoms. The summed E-state index contributed by atoms with van der Waals surface area (Å²) in [7, 11) is 4.67. The summed E-state index contributed by atoms with van der Waals surface area (Å²) in [6.07, 6.45) is 0.0366. The van der Waals surface area contributed by atoms with Gasteiger partial charge < -0.3 is 19.3 Å². The van der Waals surface area contributed by atoms with Crippen molar-refractivity contribution in [2.75, 3.05) is 34.4 Å². The van der Waals surface area contributed by atoms with Gasteiger partial charge in [-0.15, -0.1) is 0 Å². The number of aromatic hydroxyl groups is 1. The first-order valence-electron chi connectivity index (χ1n) is 11.2. The molecule has 36 heavy (non-hydrogen) atoms. The van der Waals surface area contributed by atoms with Gasteiger partial charge in [-0.3, -0.25) is 19.3 Å². The first kappa shape index (κ1) is 27.0. The van der Waals surface area contributed by atoms with Crippen molar-refractivity contribution in [3.05, 3.63) is 51.5 Å². The number of phenolic OH excluding ortho intramolecular Hbond substituents is 1. The van der Waals surface area contributed by atoms with Gasteiger partial charge >= 0.3 is 5.97 Å². The largest absolute Gasteiger partial charge is 0.507 e. The van der Waals surface area contributed by atoms with Gasteiger partial charge in [0.2, 0.25) is 0 Å². The second kappa shape index (κ2) is 11.4. The van der Waals surface area contributed by atoms with Crippen LogP contribution < -0.4 is 9.47 Å². The molecule has 1 aliphatic rings. The summed E-state index contributed by atoms with van der Waals surface area (Å²) in [4.78, 5) is 39.6. The van der Waals surface area contributed by atoms with E-state index in [0.29, 0.717) is 24.3 Å². The lowest BCUT2D eigenvalue weighted by atomic mass is 9.87. The fourth-order valence-corrected chi connectivity index (χ4v) is 4.81. The highest BCUT2D eigenvalue weighted by molar-refractivity contribution is 6.34. The summed E-state index contributed by atoms with van der Waals surface area (Å²) in [5, 5.41) is 20.4. The van der Waals surface area contributed by atoms with E-state index in [1.165, 1.54) is 45.4 Å². The Kier molecular flexibility index (Phi) is 8.56. The third kappa shape index (κ3) is 5.45. The molecule has 1 fully saturated rings. The van der Waals surface area contributed by atoms with Crippen LogP contribution in [0.5, 0.6) is 17.2 Å². The van der Waals surface area contributed by atoms with Gasteiger partial charge in [-0.2, -0.15) is 5.26 Å². The molecule has 2 atom stereocenters. The number of Topliss-reactive ketones (excluding diaryl/α,β-unsaturated/α-hetero) is 2. The summed E-state index contributed by atoms with van der Waals surface area (Å²) in [5.74, 6) is -1.94. The molecule has 10 heteroatoms. The second-order valence-corrected chi connectivity index (χ2v) is 8.90. The summed E-state index contributed by atoms with van der Waals surface area (Å²) in [6.45, 7) is 2.09. The fraction of sp³-hybridized carbons (Fsp3) is 0.385. The summed E-state index contributed by atoms with van der Waals surface area (Å²) >= 11 is 6.14. The monoisotopic (exact) mass is 514 g/mol. The molecule has 0 radical (unpaired) electrons. The molecular weight excluding hydrogens is 488 g/mol. The smallest absolute Gasteiger partial charge is 0.302 e. The average Bonchev–Trinajstić information content (AvgIpc) is 3.20. The molecule has 190 valence electrons. The predicted octanol–water partition coefficient (Wildman–Crippen LogP) is 3.74. The predicted molar refractivity (Wildman–Crippen MR) is 131 cm³/mol. The van der Waals surface area contributed by atoms with E-state index >= 15 is 0 Å². The summed E-state index contributed by atoms with van der Waals surface area (Å²) in [5.41, 5.74) is 0.612. The number of methoxy groups -OCH3 is 2. The first-order chi connectivity index (χ1) is 17.1. The third-order valence-electron chi connectivity index (χ3n) is 6.36. The number of ketones is 2. The van der Waals surface area contributed by atoms with Crippen LogP contribution >= 0.6 is 11.6 Å². The van der Waals surface area contributed by atoms with Crippen LogP contribution in [0.25, 0.3) is 0 Å². The van der Waals surface area contributed by atoms with E-state index in [4.69, 9.17) is 31.1 Å². The van der Waals surface area contributed by atoms with Crippen molar-refractivity contribution < 1.29 is 33.7 Å². The van der Waals surface area contributed by atoms with Crippen LogP contribution in [0.3, 0.4) is 0 Å². The molecule has 2 aromatic carbocycles. The van der Waals surface area contributed by atoms with Crippen LogP contribution in [0.1, 0.15) is 57.5 Å². The van der Waals surface area contributed by atoms with Crippen LogP contribution in [0, 0.1) is 11.3 Å². The Balaban J connectivity index is 2.01. The first-order valence-corrected chi connectivity index (χ1v) is 11.6. The van der Waals surface area contributed by atoms with E-state index in [-0.39, 0.29) is 51.8 Å². The number of ether oxygens (including phenoxy) is 3. The number of nitrogens with zero attached hydrogens (tertiary/aromatic N) is 2. The van der Waals surface area contributed by atoms with Gasteiger partial charge in [-0.25, -0.2) is 0 Å². The standard InChI is InChI=1S/C26H27ClN2O7/c1-14(30)36-13-19-17(7-8-29(19)2)24-22(34-3)11-23(35-4)25(26(24)33)21(32)10-20(31)16-6-5-15(12-28)9-18(16)27/h5-6,9,11,17,19,33H,7-8,10,13H2,1-4H3. The number of benzene rings is 2. The minimum absolute atomic E-state index is 0.0553. The number of nitriles is 1. The minimum Gasteiger partial charge on any atom is -0.507 e. The van der Waals surface area contributed by atoms with Crippen LogP contribution in [0.2, 0.25) is 5.02 Å². The molecule has 0 amide bonds. The van der Waals surface area contributed by atoms with Crippen molar-refractivity contribution in [3.8, 4) is 23.3 Å². The van der Waals surface area contributed by atoms with Gasteiger partial charge in [-0.1, -0.05) is 11.6 Å². The number of halogens is 1. The van der Waals surface area contributed by atoms with Crippen LogP contribution in [0.4, 0.5) is 0 Å². The zero-order chi connectivity index (χ0) is 26.6. The van der Waals surface area contributed by atoms with Crippen molar-refractivity contribution >= 4 is 29.1 Å². The minimum atomic E-state index is -0.665. The number of hydrogen-bond donors (Lipinski definition) is 1. The lowest BCUT2D eigenvalue weighted by Gasteiger charge is -2.27. The van der Waals surface area contributed by atoms with Crippen molar-refractivity contribution in [3.63, 3.8) is 0 Å². The lowest BCUT2D eigenvalue weighted by molar-refractivity contribution is -0.142. The van der Waals surface area contributed by atoms with Gasteiger partial charge in [0, 0.05) is 30.0 Å². The van der Waals surface area contributed by atoms with Crippen LogP contribution in [0.15, 0.2) is 24.3 Å². The van der Waals surface area contributed by atoms with Gasteiger partial charge in [0.1, 0.15) is 29.4 Å².